The van der Waals surface area contributed by atoms with Crippen LogP contribution in [-0.2, 0) is 7.05 Å². The average Bonchev–Trinajstić information content (AvgIpc) is 2.96. The molecule has 0 aliphatic heterocycles. The van der Waals surface area contributed by atoms with Crippen LogP contribution in [0.2, 0.25) is 0 Å². The van der Waals surface area contributed by atoms with Gasteiger partial charge in [0.15, 0.2) is 0 Å². The van der Waals surface area contributed by atoms with Gasteiger partial charge in [-0.15, -0.1) is 0 Å². The fourth-order valence-electron chi connectivity index (χ4n) is 2.74. The topological polar surface area (TPSA) is 61.7 Å². The highest BCUT2D eigenvalue weighted by Crippen LogP contribution is 2.31. The van der Waals surface area contributed by atoms with Crippen LogP contribution < -0.4 is 5.73 Å². The molecule has 2 aromatic rings. The van der Waals surface area contributed by atoms with Crippen molar-refractivity contribution in [1.82, 2.24) is 19.6 Å². The molecule has 1 aliphatic carbocycles. The fraction of sp³-hybridized carbons (Fsp3) is 0.538. The van der Waals surface area contributed by atoms with Gasteiger partial charge in [0.05, 0.1) is 17.4 Å². The minimum absolute atomic E-state index is 0.517. The molecule has 0 unspecified atom stereocenters. The van der Waals surface area contributed by atoms with E-state index in [2.05, 4.69) is 14.9 Å². The van der Waals surface area contributed by atoms with Gasteiger partial charge in [-0.3, -0.25) is 9.36 Å². The lowest BCUT2D eigenvalue weighted by molar-refractivity contribution is 0.330. The molecule has 0 aromatic carbocycles. The van der Waals surface area contributed by atoms with Gasteiger partial charge in [-0.05, 0) is 18.9 Å². The third kappa shape index (κ3) is 1.89. The first kappa shape index (κ1) is 11.3. The summed E-state index contributed by atoms with van der Waals surface area (Å²) in [6, 6.07) is 2.47. The van der Waals surface area contributed by atoms with Crippen molar-refractivity contribution in [3.05, 3.63) is 18.5 Å². The van der Waals surface area contributed by atoms with Gasteiger partial charge in [-0.2, -0.15) is 10.2 Å². The Bertz CT molecular complexity index is 533. The van der Waals surface area contributed by atoms with Crippen molar-refractivity contribution in [3.8, 4) is 11.4 Å². The number of nitrogens with two attached hydrogens (primary N) is 1. The second kappa shape index (κ2) is 4.48. The van der Waals surface area contributed by atoms with Gasteiger partial charge >= 0.3 is 0 Å². The Balaban J connectivity index is 1.93. The summed E-state index contributed by atoms with van der Waals surface area (Å²) >= 11 is 0. The van der Waals surface area contributed by atoms with Gasteiger partial charge in [0, 0.05) is 19.4 Å². The van der Waals surface area contributed by atoms with E-state index in [1.54, 1.807) is 6.20 Å². The number of nitrogens with zero attached hydrogens (tertiary/aromatic N) is 4. The van der Waals surface area contributed by atoms with Crippen molar-refractivity contribution in [2.24, 2.45) is 7.05 Å². The molecule has 0 bridgehead atoms. The number of aryl methyl sites for hydroxylation is 1. The Morgan fingerprint density at radius 2 is 2.06 bits per heavy atom. The Morgan fingerprint density at radius 3 is 2.72 bits per heavy atom. The zero-order valence-electron chi connectivity index (χ0n) is 10.7. The maximum Gasteiger partial charge on any atom is 0.133 e. The van der Waals surface area contributed by atoms with Crippen molar-refractivity contribution in [3.63, 3.8) is 0 Å². The number of anilines is 1. The SMILES string of the molecule is Cn1nccc1-c1nn(C2CCCCC2)cc1N. The van der Waals surface area contributed by atoms with Crippen LogP contribution in [0.5, 0.6) is 0 Å². The van der Waals surface area contributed by atoms with E-state index in [0.717, 1.165) is 17.1 Å². The lowest BCUT2D eigenvalue weighted by Crippen LogP contribution is -2.13. The molecular formula is C13H19N5. The van der Waals surface area contributed by atoms with Crippen LogP contribution >= 0.6 is 0 Å². The third-order valence-corrected chi connectivity index (χ3v) is 3.77. The van der Waals surface area contributed by atoms with Gasteiger partial charge in [0.2, 0.25) is 0 Å². The maximum absolute atomic E-state index is 6.08. The monoisotopic (exact) mass is 245 g/mol. The molecule has 0 saturated heterocycles. The zero-order valence-corrected chi connectivity index (χ0v) is 10.7. The molecule has 1 fully saturated rings. The predicted octanol–water partition coefficient (Wildman–Crippen LogP) is 2.37. The highest BCUT2D eigenvalue weighted by atomic mass is 15.3. The Labute approximate surface area is 107 Å². The molecule has 2 N–H and O–H groups in total. The molecule has 2 heterocycles. The second-order valence-electron chi connectivity index (χ2n) is 5.04. The fourth-order valence-corrected chi connectivity index (χ4v) is 2.74. The van der Waals surface area contributed by atoms with Crippen LogP contribution in [-0.4, -0.2) is 19.6 Å². The first-order chi connectivity index (χ1) is 8.75. The average molecular weight is 245 g/mol. The summed E-state index contributed by atoms with van der Waals surface area (Å²) in [5, 5.41) is 8.84. The minimum atomic E-state index is 0.517. The van der Waals surface area contributed by atoms with E-state index in [0.29, 0.717) is 6.04 Å². The van der Waals surface area contributed by atoms with E-state index in [1.165, 1.54) is 32.1 Å². The number of hydrogen-bond donors (Lipinski definition) is 1. The number of nitrogen functional groups attached to an aromatic ring is 1. The number of hydrogen-bond acceptors (Lipinski definition) is 3. The normalized spacial score (nSPS) is 17.2. The molecule has 0 amide bonds. The van der Waals surface area contributed by atoms with Crippen LogP contribution in [0.4, 0.5) is 5.69 Å². The van der Waals surface area contributed by atoms with Crippen LogP contribution in [0.15, 0.2) is 18.5 Å². The van der Waals surface area contributed by atoms with Gasteiger partial charge < -0.3 is 5.73 Å². The van der Waals surface area contributed by atoms with Crippen LogP contribution in [0.1, 0.15) is 38.1 Å². The Hall–Kier alpha value is -1.78. The van der Waals surface area contributed by atoms with E-state index < -0.39 is 0 Å². The summed E-state index contributed by atoms with van der Waals surface area (Å²) in [7, 11) is 1.91. The molecule has 1 saturated carbocycles. The summed E-state index contributed by atoms with van der Waals surface area (Å²) in [6.45, 7) is 0. The number of aromatic nitrogens is 4. The Morgan fingerprint density at radius 1 is 1.28 bits per heavy atom. The summed E-state index contributed by atoms with van der Waals surface area (Å²) in [6.07, 6.45) is 10.1. The summed E-state index contributed by atoms with van der Waals surface area (Å²) < 4.78 is 3.86. The first-order valence-electron chi connectivity index (χ1n) is 6.58. The molecule has 3 rings (SSSR count). The maximum atomic E-state index is 6.08. The molecule has 1 aliphatic rings. The van der Waals surface area contributed by atoms with Crippen molar-refractivity contribution < 1.29 is 0 Å². The molecule has 96 valence electrons. The van der Waals surface area contributed by atoms with Gasteiger partial charge in [0.1, 0.15) is 5.69 Å². The highest BCUT2D eigenvalue weighted by molar-refractivity contribution is 5.69. The zero-order chi connectivity index (χ0) is 12.5. The van der Waals surface area contributed by atoms with Crippen LogP contribution in [0.3, 0.4) is 0 Å². The predicted molar refractivity (Wildman–Crippen MR) is 71.0 cm³/mol. The van der Waals surface area contributed by atoms with E-state index in [1.807, 2.05) is 24.0 Å². The lowest BCUT2D eigenvalue weighted by Gasteiger charge is -2.21. The first-order valence-corrected chi connectivity index (χ1v) is 6.58. The molecule has 0 radical (unpaired) electrons. The van der Waals surface area contributed by atoms with Gasteiger partial charge in [-0.25, -0.2) is 0 Å². The van der Waals surface area contributed by atoms with Crippen LogP contribution in [0, 0.1) is 0 Å². The highest BCUT2D eigenvalue weighted by Gasteiger charge is 2.19. The van der Waals surface area contributed by atoms with Gasteiger partial charge in [-0.1, -0.05) is 19.3 Å². The summed E-state index contributed by atoms with van der Waals surface area (Å²) in [4.78, 5) is 0. The van der Waals surface area contributed by atoms with E-state index in [9.17, 15) is 0 Å². The lowest BCUT2D eigenvalue weighted by atomic mass is 9.96. The minimum Gasteiger partial charge on any atom is -0.396 e. The molecule has 0 spiro atoms. The van der Waals surface area contributed by atoms with Gasteiger partial charge in [0.25, 0.3) is 0 Å². The van der Waals surface area contributed by atoms with E-state index in [4.69, 9.17) is 5.73 Å². The summed E-state index contributed by atoms with van der Waals surface area (Å²) in [5.74, 6) is 0. The van der Waals surface area contributed by atoms with Crippen molar-refractivity contribution in [1.29, 1.82) is 0 Å². The standard InChI is InChI=1S/C13H19N5/c1-17-12(7-8-15-17)13-11(14)9-18(16-13)10-5-3-2-4-6-10/h7-10H,2-6,14H2,1H3. The Kier molecular flexibility index (Phi) is 2.81. The molecule has 5 heteroatoms. The molecule has 2 aromatic heterocycles. The largest absolute Gasteiger partial charge is 0.396 e. The molecule has 18 heavy (non-hydrogen) atoms. The van der Waals surface area contributed by atoms with Crippen molar-refractivity contribution in [2.75, 3.05) is 5.73 Å². The molecular weight excluding hydrogens is 226 g/mol. The third-order valence-electron chi connectivity index (χ3n) is 3.77. The molecule has 0 atom stereocenters. The quantitative estimate of drug-likeness (QED) is 0.883. The summed E-state index contributed by atoms with van der Waals surface area (Å²) in [5.41, 5.74) is 8.65. The van der Waals surface area contributed by atoms with E-state index >= 15 is 0 Å². The second-order valence-corrected chi connectivity index (χ2v) is 5.04. The van der Waals surface area contributed by atoms with E-state index in [-0.39, 0.29) is 0 Å². The smallest absolute Gasteiger partial charge is 0.133 e. The van der Waals surface area contributed by atoms with Crippen molar-refractivity contribution in [2.45, 2.75) is 38.1 Å². The van der Waals surface area contributed by atoms with Crippen molar-refractivity contribution >= 4 is 5.69 Å². The number of rotatable bonds is 2. The molecule has 5 nitrogen and oxygen atoms in total. The van der Waals surface area contributed by atoms with Crippen LogP contribution in [0.25, 0.3) is 11.4 Å².